The highest BCUT2D eigenvalue weighted by atomic mass is 35.5. The van der Waals surface area contributed by atoms with Crippen LogP contribution >= 0.6 is 11.6 Å². The lowest BCUT2D eigenvalue weighted by Gasteiger charge is -2.48. The average molecular weight is 297 g/mol. The summed E-state index contributed by atoms with van der Waals surface area (Å²) in [6.07, 6.45) is 4.84. The molecule has 1 saturated carbocycles. The molecular formula is C16H21ClO3. The molecule has 1 aromatic carbocycles. The predicted molar refractivity (Wildman–Crippen MR) is 78.2 cm³/mol. The van der Waals surface area contributed by atoms with Crippen molar-refractivity contribution < 1.29 is 14.6 Å². The smallest absolute Gasteiger partial charge is 0.126 e. The van der Waals surface area contributed by atoms with Crippen LogP contribution in [0.4, 0.5) is 0 Å². The number of ether oxygens (including phenoxy) is 2. The van der Waals surface area contributed by atoms with Gasteiger partial charge in [-0.1, -0.05) is 17.7 Å². The number of hydrogen-bond donors (Lipinski definition) is 1. The first-order valence-corrected chi connectivity index (χ1v) is 7.67. The first-order chi connectivity index (χ1) is 9.63. The summed E-state index contributed by atoms with van der Waals surface area (Å²) in [5, 5.41) is 11.3. The van der Waals surface area contributed by atoms with Crippen LogP contribution < -0.4 is 4.74 Å². The Morgan fingerprint density at radius 3 is 2.90 bits per heavy atom. The van der Waals surface area contributed by atoms with Crippen molar-refractivity contribution in [2.24, 2.45) is 5.92 Å². The monoisotopic (exact) mass is 296 g/mol. The van der Waals surface area contributed by atoms with Crippen molar-refractivity contribution in [3.63, 3.8) is 0 Å². The quantitative estimate of drug-likeness (QED) is 0.923. The van der Waals surface area contributed by atoms with Gasteiger partial charge in [-0.05, 0) is 50.2 Å². The third kappa shape index (κ3) is 2.54. The lowest BCUT2D eigenvalue weighted by Crippen LogP contribution is -2.46. The largest absolute Gasteiger partial charge is 0.496 e. The average Bonchev–Trinajstić information content (AvgIpc) is 2.45. The van der Waals surface area contributed by atoms with Crippen molar-refractivity contribution in [2.45, 2.75) is 43.8 Å². The van der Waals surface area contributed by atoms with Gasteiger partial charge in [-0.3, -0.25) is 0 Å². The summed E-state index contributed by atoms with van der Waals surface area (Å²) in [6.45, 7) is 0.748. The zero-order chi connectivity index (χ0) is 14.2. The fourth-order valence-electron chi connectivity index (χ4n) is 3.44. The maximum Gasteiger partial charge on any atom is 0.126 e. The number of halogens is 1. The molecule has 3 nitrogen and oxygen atoms in total. The van der Waals surface area contributed by atoms with Gasteiger partial charge in [0.05, 0.1) is 18.8 Å². The fourth-order valence-corrected chi connectivity index (χ4v) is 3.60. The number of benzene rings is 1. The minimum absolute atomic E-state index is 0.0452. The fraction of sp³-hybridized carbons (Fsp3) is 0.625. The van der Waals surface area contributed by atoms with Crippen molar-refractivity contribution in [3.05, 3.63) is 28.8 Å². The Morgan fingerprint density at radius 2 is 2.25 bits per heavy atom. The Morgan fingerprint density at radius 1 is 1.45 bits per heavy atom. The lowest BCUT2D eigenvalue weighted by molar-refractivity contribution is -0.157. The second-order valence-corrected chi connectivity index (χ2v) is 6.41. The SMILES string of the molecule is COc1cc(Cl)ccc1C(O)C1CCOC2(CCC2)C1. The van der Waals surface area contributed by atoms with E-state index in [1.807, 2.05) is 6.07 Å². The van der Waals surface area contributed by atoms with Crippen LogP contribution in [0.25, 0.3) is 0 Å². The van der Waals surface area contributed by atoms with Crippen LogP contribution in [0.2, 0.25) is 5.02 Å². The molecule has 20 heavy (non-hydrogen) atoms. The van der Waals surface area contributed by atoms with Crippen LogP contribution in [0, 0.1) is 5.92 Å². The Balaban J connectivity index is 1.79. The number of aliphatic hydroxyl groups excluding tert-OH is 1. The van der Waals surface area contributed by atoms with E-state index < -0.39 is 6.10 Å². The Kier molecular flexibility index (Phi) is 3.93. The first-order valence-electron chi connectivity index (χ1n) is 7.29. The van der Waals surface area contributed by atoms with E-state index >= 15 is 0 Å². The van der Waals surface area contributed by atoms with Crippen LogP contribution in [0.1, 0.15) is 43.8 Å². The van der Waals surface area contributed by atoms with Crippen molar-refractivity contribution in [1.82, 2.24) is 0 Å². The van der Waals surface area contributed by atoms with E-state index in [0.29, 0.717) is 10.8 Å². The predicted octanol–water partition coefficient (Wildman–Crippen LogP) is 3.73. The van der Waals surface area contributed by atoms with E-state index in [9.17, 15) is 5.11 Å². The van der Waals surface area contributed by atoms with E-state index in [1.54, 1.807) is 19.2 Å². The van der Waals surface area contributed by atoms with Gasteiger partial charge in [-0.15, -0.1) is 0 Å². The number of methoxy groups -OCH3 is 1. The molecule has 1 aliphatic carbocycles. The summed E-state index contributed by atoms with van der Waals surface area (Å²) in [5.74, 6) is 0.901. The molecule has 1 aliphatic heterocycles. The minimum Gasteiger partial charge on any atom is -0.496 e. The molecule has 4 heteroatoms. The molecule has 3 rings (SSSR count). The molecule has 2 fully saturated rings. The normalized spacial score (nSPS) is 26.1. The number of aliphatic hydroxyl groups is 1. The number of rotatable bonds is 3. The summed E-state index contributed by atoms with van der Waals surface area (Å²) in [5.41, 5.74) is 0.877. The van der Waals surface area contributed by atoms with E-state index in [1.165, 1.54) is 6.42 Å². The van der Waals surface area contributed by atoms with E-state index in [0.717, 1.165) is 37.9 Å². The minimum atomic E-state index is -0.511. The maximum absolute atomic E-state index is 10.7. The van der Waals surface area contributed by atoms with E-state index in [-0.39, 0.29) is 11.5 Å². The van der Waals surface area contributed by atoms with Gasteiger partial charge in [0.25, 0.3) is 0 Å². The summed E-state index contributed by atoms with van der Waals surface area (Å²) >= 11 is 5.98. The molecule has 0 radical (unpaired) electrons. The topological polar surface area (TPSA) is 38.7 Å². The highest BCUT2D eigenvalue weighted by Crippen LogP contribution is 2.48. The first kappa shape index (κ1) is 14.2. The van der Waals surface area contributed by atoms with Crippen LogP contribution in [-0.2, 0) is 4.74 Å². The summed E-state index contributed by atoms with van der Waals surface area (Å²) in [7, 11) is 1.61. The standard InChI is InChI=1S/C16H21ClO3/c1-19-14-9-12(17)3-4-13(14)15(18)11-5-8-20-16(10-11)6-2-7-16/h3-4,9,11,15,18H,2,5-8,10H2,1H3. The Hall–Kier alpha value is -0.770. The Bertz CT molecular complexity index is 485. The van der Waals surface area contributed by atoms with Crippen LogP contribution in [-0.4, -0.2) is 24.4 Å². The lowest BCUT2D eigenvalue weighted by atomic mass is 9.70. The molecule has 1 N–H and O–H groups in total. The number of hydrogen-bond acceptors (Lipinski definition) is 3. The highest BCUT2D eigenvalue weighted by Gasteiger charge is 2.44. The van der Waals surface area contributed by atoms with Crippen molar-refractivity contribution in [3.8, 4) is 5.75 Å². The molecule has 2 atom stereocenters. The van der Waals surface area contributed by atoms with Gasteiger partial charge in [-0.25, -0.2) is 0 Å². The van der Waals surface area contributed by atoms with Crippen LogP contribution in [0.5, 0.6) is 5.75 Å². The van der Waals surface area contributed by atoms with Gasteiger partial charge in [0.1, 0.15) is 5.75 Å². The van der Waals surface area contributed by atoms with Crippen molar-refractivity contribution >= 4 is 11.6 Å². The van der Waals surface area contributed by atoms with E-state index in [2.05, 4.69) is 0 Å². The van der Waals surface area contributed by atoms with Crippen molar-refractivity contribution in [2.75, 3.05) is 13.7 Å². The maximum atomic E-state index is 10.7. The van der Waals surface area contributed by atoms with Crippen LogP contribution in [0.15, 0.2) is 18.2 Å². The molecule has 1 saturated heterocycles. The summed E-state index contributed by atoms with van der Waals surface area (Å²) in [4.78, 5) is 0. The summed E-state index contributed by atoms with van der Waals surface area (Å²) < 4.78 is 11.3. The molecule has 2 unspecified atom stereocenters. The second kappa shape index (κ2) is 5.55. The van der Waals surface area contributed by atoms with Gasteiger partial charge in [0, 0.05) is 17.2 Å². The molecule has 0 amide bonds. The molecule has 0 aromatic heterocycles. The molecule has 0 bridgehead atoms. The zero-order valence-electron chi connectivity index (χ0n) is 11.8. The van der Waals surface area contributed by atoms with E-state index in [4.69, 9.17) is 21.1 Å². The van der Waals surface area contributed by atoms with Crippen LogP contribution in [0.3, 0.4) is 0 Å². The second-order valence-electron chi connectivity index (χ2n) is 5.97. The molecule has 1 spiro atoms. The molecular weight excluding hydrogens is 276 g/mol. The van der Waals surface area contributed by atoms with Gasteiger partial charge < -0.3 is 14.6 Å². The molecule has 2 aliphatic rings. The van der Waals surface area contributed by atoms with Gasteiger partial charge in [0.15, 0.2) is 0 Å². The molecule has 1 heterocycles. The van der Waals surface area contributed by atoms with Gasteiger partial charge in [0.2, 0.25) is 0 Å². The zero-order valence-corrected chi connectivity index (χ0v) is 12.5. The molecule has 110 valence electrons. The van der Waals surface area contributed by atoms with Gasteiger partial charge in [-0.2, -0.15) is 0 Å². The molecule has 1 aromatic rings. The van der Waals surface area contributed by atoms with Gasteiger partial charge >= 0.3 is 0 Å². The van der Waals surface area contributed by atoms with Crippen molar-refractivity contribution in [1.29, 1.82) is 0 Å². The Labute approximate surface area is 124 Å². The third-order valence-electron chi connectivity index (χ3n) is 4.76. The third-order valence-corrected chi connectivity index (χ3v) is 4.99. The summed E-state index contributed by atoms with van der Waals surface area (Å²) in [6, 6.07) is 5.44. The highest BCUT2D eigenvalue weighted by molar-refractivity contribution is 6.30.